The first-order chi connectivity index (χ1) is 16.1. The van der Waals surface area contributed by atoms with Crippen molar-refractivity contribution in [1.82, 2.24) is 24.2 Å². The summed E-state index contributed by atoms with van der Waals surface area (Å²) in [5, 5.41) is 11.4. The van der Waals surface area contributed by atoms with E-state index in [0.29, 0.717) is 48.9 Å². The molecule has 2 aliphatic heterocycles. The highest BCUT2D eigenvalue weighted by Crippen LogP contribution is 2.39. The number of fused-ring (bicyclic) bond motifs is 1. The number of ketones is 1. The fourth-order valence-electron chi connectivity index (χ4n) is 4.60. The average Bonchev–Trinajstić information content (AvgIpc) is 3.31. The van der Waals surface area contributed by atoms with Crippen molar-refractivity contribution in [3.05, 3.63) is 71.4 Å². The largest absolute Gasteiger partial charge is 0.505 e. The van der Waals surface area contributed by atoms with Crippen LogP contribution in [0.1, 0.15) is 23.0 Å². The molecule has 1 unspecified atom stereocenters. The molecular weight excluding hydrogens is 422 g/mol. The Bertz CT molecular complexity index is 1230. The number of pyridine rings is 2. The van der Waals surface area contributed by atoms with Gasteiger partial charge in [-0.1, -0.05) is 12.1 Å². The van der Waals surface area contributed by atoms with Crippen molar-refractivity contribution in [1.29, 1.82) is 0 Å². The van der Waals surface area contributed by atoms with E-state index in [2.05, 4.69) is 14.9 Å². The number of nitrogens with zero attached hydrogens (tertiary/aromatic N) is 5. The van der Waals surface area contributed by atoms with E-state index in [4.69, 9.17) is 4.74 Å². The molecule has 2 saturated heterocycles. The van der Waals surface area contributed by atoms with Crippen LogP contribution >= 0.6 is 0 Å². The summed E-state index contributed by atoms with van der Waals surface area (Å²) in [4.78, 5) is 38.8. The maximum Gasteiger partial charge on any atom is 0.295 e. The maximum absolute atomic E-state index is 13.2. The van der Waals surface area contributed by atoms with Gasteiger partial charge in [-0.05, 0) is 30.7 Å². The van der Waals surface area contributed by atoms with E-state index in [9.17, 15) is 14.7 Å². The summed E-state index contributed by atoms with van der Waals surface area (Å²) in [5.41, 5.74) is 2.36. The van der Waals surface area contributed by atoms with E-state index in [-0.39, 0.29) is 11.3 Å². The maximum atomic E-state index is 13.2. The van der Waals surface area contributed by atoms with Crippen molar-refractivity contribution in [2.24, 2.45) is 0 Å². The molecule has 2 fully saturated rings. The number of aromatic nitrogens is 3. The number of carbonyl (C=O) groups is 2. The Morgan fingerprint density at radius 2 is 1.97 bits per heavy atom. The standard InChI is InChI=1S/C24H25N5O4/c1-16-20(28-8-3-2-6-18(28)26-16)22(30)19-21(17-5-4-7-25-15-17)29(24(32)23(19)31)10-9-27-11-13-33-14-12-27/h2-8,15,21,30H,9-14H2,1H3/b22-19-. The van der Waals surface area contributed by atoms with Crippen LogP contribution in [0.5, 0.6) is 0 Å². The molecule has 9 nitrogen and oxygen atoms in total. The zero-order valence-electron chi connectivity index (χ0n) is 18.3. The van der Waals surface area contributed by atoms with Crippen molar-refractivity contribution in [3.8, 4) is 0 Å². The van der Waals surface area contributed by atoms with Gasteiger partial charge in [0.25, 0.3) is 11.7 Å². The summed E-state index contributed by atoms with van der Waals surface area (Å²) in [7, 11) is 0. The minimum atomic E-state index is -0.728. The van der Waals surface area contributed by atoms with Crippen LogP contribution in [0.4, 0.5) is 0 Å². The lowest BCUT2D eigenvalue weighted by Gasteiger charge is -2.30. The van der Waals surface area contributed by atoms with E-state index in [1.54, 1.807) is 40.9 Å². The monoisotopic (exact) mass is 447 g/mol. The minimum Gasteiger partial charge on any atom is -0.505 e. The first kappa shape index (κ1) is 21.3. The molecule has 0 bridgehead atoms. The number of ether oxygens (including phenoxy) is 1. The number of hydrogen-bond donors (Lipinski definition) is 1. The number of rotatable bonds is 5. The lowest BCUT2D eigenvalue weighted by atomic mass is 9.97. The van der Waals surface area contributed by atoms with E-state index >= 15 is 0 Å². The second kappa shape index (κ2) is 8.76. The van der Waals surface area contributed by atoms with Gasteiger partial charge in [-0.15, -0.1) is 0 Å². The molecule has 1 atom stereocenters. The van der Waals surface area contributed by atoms with Crippen LogP contribution < -0.4 is 0 Å². The molecule has 0 aromatic carbocycles. The van der Waals surface area contributed by atoms with Crippen molar-refractivity contribution in [2.75, 3.05) is 39.4 Å². The van der Waals surface area contributed by atoms with Gasteiger partial charge < -0.3 is 14.7 Å². The topological polar surface area (TPSA) is 100 Å². The molecule has 0 saturated carbocycles. The zero-order chi connectivity index (χ0) is 22.9. The van der Waals surface area contributed by atoms with Crippen LogP contribution in [0.15, 0.2) is 54.5 Å². The van der Waals surface area contributed by atoms with E-state index in [0.717, 1.165) is 13.1 Å². The van der Waals surface area contributed by atoms with E-state index < -0.39 is 17.7 Å². The predicted octanol–water partition coefficient (Wildman–Crippen LogP) is 1.79. The van der Waals surface area contributed by atoms with Crippen LogP contribution in [0.25, 0.3) is 11.4 Å². The second-order valence-corrected chi connectivity index (χ2v) is 8.21. The van der Waals surface area contributed by atoms with Gasteiger partial charge in [0.15, 0.2) is 5.76 Å². The Morgan fingerprint density at radius 3 is 2.73 bits per heavy atom. The van der Waals surface area contributed by atoms with Gasteiger partial charge in [-0.3, -0.25) is 23.9 Å². The molecule has 5 rings (SSSR count). The third-order valence-corrected chi connectivity index (χ3v) is 6.23. The second-order valence-electron chi connectivity index (χ2n) is 8.21. The first-order valence-electron chi connectivity index (χ1n) is 11.0. The van der Waals surface area contributed by atoms with Gasteiger partial charge in [0.1, 0.15) is 11.3 Å². The Hall–Kier alpha value is -3.56. The molecule has 1 N–H and O–H groups in total. The van der Waals surface area contributed by atoms with Gasteiger partial charge in [0.2, 0.25) is 0 Å². The molecular formula is C24H25N5O4. The molecule has 3 aromatic rings. The lowest BCUT2D eigenvalue weighted by Crippen LogP contribution is -2.42. The number of hydrogen-bond acceptors (Lipinski definition) is 7. The number of aliphatic hydroxyl groups is 1. The quantitative estimate of drug-likeness (QED) is 0.362. The van der Waals surface area contributed by atoms with Crippen molar-refractivity contribution >= 4 is 23.1 Å². The van der Waals surface area contributed by atoms with Crippen molar-refractivity contribution < 1.29 is 19.4 Å². The number of amides is 1. The Kier molecular flexibility index (Phi) is 5.65. The van der Waals surface area contributed by atoms with E-state index in [1.807, 2.05) is 24.3 Å². The smallest absolute Gasteiger partial charge is 0.295 e. The summed E-state index contributed by atoms with van der Waals surface area (Å²) in [6.07, 6.45) is 5.04. The van der Waals surface area contributed by atoms with Gasteiger partial charge in [0.05, 0.1) is 30.5 Å². The average molecular weight is 447 g/mol. The SMILES string of the molecule is Cc1nc2ccccn2c1/C(O)=C1/C(=O)C(=O)N(CCN2CCOCC2)C1c1cccnc1. The molecule has 5 heterocycles. The number of Topliss-reactive ketones (excluding diaryl/α,β-unsaturated/α-hetero) is 1. The van der Waals surface area contributed by atoms with E-state index in [1.165, 1.54) is 0 Å². The van der Waals surface area contributed by atoms with Crippen LogP contribution in [0.2, 0.25) is 0 Å². The van der Waals surface area contributed by atoms with Gasteiger partial charge in [-0.2, -0.15) is 0 Å². The number of imidazole rings is 1. The molecule has 170 valence electrons. The fourth-order valence-corrected chi connectivity index (χ4v) is 4.60. The summed E-state index contributed by atoms with van der Waals surface area (Å²) in [6, 6.07) is 8.35. The molecule has 0 spiro atoms. The van der Waals surface area contributed by atoms with Crippen LogP contribution in [0, 0.1) is 6.92 Å². The van der Waals surface area contributed by atoms with Crippen molar-refractivity contribution in [3.63, 3.8) is 0 Å². The number of aliphatic hydroxyl groups excluding tert-OH is 1. The number of aryl methyl sites for hydroxylation is 1. The summed E-state index contributed by atoms with van der Waals surface area (Å²) >= 11 is 0. The number of carbonyl (C=O) groups excluding carboxylic acids is 2. The fraction of sp³-hybridized carbons (Fsp3) is 0.333. The van der Waals surface area contributed by atoms with Crippen LogP contribution in [-0.4, -0.2) is 80.4 Å². The molecule has 33 heavy (non-hydrogen) atoms. The minimum absolute atomic E-state index is 0.0590. The predicted molar refractivity (Wildman–Crippen MR) is 120 cm³/mol. The number of likely N-dealkylation sites (tertiary alicyclic amines) is 1. The molecule has 0 radical (unpaired) electrons. The molecule has 3 aromatic heterocycles. The summed E-state index contributed by atoms with van der Waals surface area (Å²) < 4.78 is 7.13. The Labute approximate surface area is 190 Å². The number of morpholine rings is 1. The third-order valence-electron chi connectivity index (χ3n) is 6.23. The van der Waals surface area contributed by atoms with Gasteiger partial charge in [0, 0.05) is 44.8 Å². The van der Waals surface area contributed by atoms with Gasteiger partial charge >= 0.3 is 0 Å². The summed E-state index contributed by atoms with van der Waals surface area (Å²) in [5.74, 6) is -1.55. The Balaban J connectivity index is 1.59. The lowest BCUT2D eigenvalue weighted by molar-refractivity contribution is -0.140. The Morgan fingerprint density at radius 1 is 1.15 bits per heavy atom. The highest BCUT2D eigenvalue weighted by Gasteiger charge is 2.46. The zero-order valence-corrected chi connectivity index (χ0v) is 18.3. The first-order valence-corrected chi connectivity index (χ1v) is 11.0. The van der Waals surface area contributed by atoms with Crippen LogP contribution in [0.3, 0.4) is 0 Å². The molecule has 0 aliphatic carbocycles. The molecule has 2 aliphatic rings. The van der Waals surface area contributed by atoms with Gasteiger partial charge in [-0.25, -0.2) is 4.98 Å². The third kappa shape index (κ3) is 3.79. The summed E-state index contributed by atoms with van der Waals surface area (Å²) in [6.45, 7) is 5.60. The highest BCUT2D eigenvalue weighted by molar-refractivity contribution is 6.46. The van der Waals surface area contributed by atoms with Crippen LogP contribution in [-0.2, 0) is 14.3 Å². The van der Waals surface area contributed by atoms with Crippen molar-refractivity contribution in [2.45, 2.75) is 13.0 Å². The normalized spacial score (nSPS) is 21.2. The highest BCUT2D eigenvalue weighted by atomic mass is 16.5. The molecule has 9 heteroatoms. The molecule has 1 amide bonds.